The van der Waals surface area contributed by atoms with Gasteiger partial charge < -0.3 is 16.0 Å². The van der Waals surface area contributed by atoms with Crippen molar-refractivity contribution in [3.63, 3.8) is 0 Å². The summed E-state index contributed by atoms with van der Waals surface area (Å²) < 4.78 is 0. The van der Waals surface area contributed by atoms with Crippen LogP contribution in [-0.4, -0.2) is 47.0 Å². The number of thiazole rings is 1. The molecule has 1 fully saturated rings. The zero-order chi connectivity index (χ0) is 17.1. The average Bonchev–Trinajstić information content (AvgIpc) is 2.85. The molecule has 0 unspecified atom stereocenters. The molecular formula is C16H20ClN5OS. The zero-order valence-electron chi connectivity index (χ0n) is 13.5. The maximum Gasteiger partial charge on any atom is 0.321 e. The van der Waals surface area contributed by atoms with Crippen molar-refractivity contribution in [2.45, 2.75) is 13.5 Å². The van der Waals surface area contributed by atoms with Crippen molar-refractivity contribution >= 4 is 39.8 Å². The molecule has 2 amide bonds. The van der Waals surface area contributed by atoms with Crippen LogP contribution in [-0.2, 0) is 6.54 Å². The molecule has 24 heavy (non-hydrogen) atoms. The maximum absolute atomic E-state index is 12.3. The third kappa shape index (κ3) is 4.17. The van der Waals surface area contributed by atoms with Gasteiger partial charge in [0, 0.05) is 48.3 Å². The molecule has 3 rings (SSSR count). The van der Waals surface area contributed by atoms with Crippen LogP contribution in [0.25, 0.3) is 0 Å². The number of amides is 2. The summed E-state index contributed by atoms with van der Waals surface area (Å²) in [5.74, 6) is 0. The number of piperazine rings is 1. The van der Waals surface area contributed by atoms with E-state index in [9.17, 15) is 4.79 Å². The summed E-state index contributed by atoms with van der Waals surface area (Å²) >= 11 is 7.48. The topological polar surface area (TPSA) is 74.5 Å². The number of aromatic nitrogens is 1. The lowest BCUT2D eigenvalue weighted by atomic mass is 10.3. The Morgan fingerprint density at radius 1 is 1.38 bits per heavy atom. The highest BCUT2D eigenvalue weighted by Crippen LogP contribution is 2.22. The first kappa shape index (κ1) is 17.0. The smallest absolute Gasteiger partial charge is 0.321 e. The molecule has 1 aliphatic heterocycles. The van der Waals surface area contributed by atoms with Gasteiger partial charge >= 0.3 is 6.03 Å². The first-order valence-electron chi connectivity index (χ1n) is 7.77. The number of nitrogen functional groups attached to an aromatic ring is 1. The Balaban J connectivity index is 1.51. The van der Waals surface area contributed by atoms with Gasteiger partial charge in [-0.15, -0.1) is 11.3 Å². The minimum Gasteiger partial charge on any atom is -0.375 e. The molecule has 1 aromatic heterocycles. The Morgan fingerprint density at radius 2 is 2.12 bits per heavy atom. The molecule has 3 N–H and O–H groups in total. The van der Waals surface area contributed by atoms with E-state index >= 15 is 0 Å². The lowest BCUT2D eigenvalue weighted by Gasteiger charge is -2.34. The van der Waals surface area contributed by atoms with Gasteiger partial charge in [0.15, 0.2) is 5.13 Å². The lowest BCUT2D eigenvalue weighted by molar-refractivity contribution is 0.143. The summed E-state index contributed by atoms with van der Waals surface area (Å²) in [4.78, 5) is 21.9. The Hall–Kier alpha value is -1.83. The molecule has 0 saturated carbocycles. The van der Waals surface area contributed by atoms with Crippen molar-refractivity contribution in [1.82, 2.24) is 14.8 Å². The SMILES string of the molecule is Cc1nc(N)sc1CN1CCN(C(=O)Nc2cccc(Cl)c2)CC1. The van der Waals surface area contributed by atoms with Crippen LogP contribution in [0, 0.1) is 6.92 Å². The number of urea groups is 1. The van der Waals surface area contributed by atoms with Crippen molar-refractivity contribution in [3.05, 3.63) is 39.9 Å². The fraction of sp³-hybridized carbons (Fsp3) is 0.375. The number of hydrogen-bond acceptors (Lipinski definition) is 5. The number of rotatable bonds is 3. The molecular weight excluding hydrogens is 346 g/mol. The van der Waals surface area contributed by atoms with Gasteiger partial charge in [0.05, 0.1) is 5.69 Å². The fourth-order valence-electron chi connectivity index (χ4n) is 2.68. The number of nitrogens with one attached hydrogen (secondary N) is 1. The van der Waals surface area contributed by atoms with Crippen molar-refractivity contribution in [1.29, 1.82) is 0 Å². The number of aryl methyl sites for hydroxylation is 1. The van der Waals surface area contributed by atoms with E-state index < -0.39 is 0 Å². The highest BCUT2D eigenvalue weighted by Gasteiger charge is 2.22. The molecule has 6 nitrogen and oxygen atoms in total. The van der Waals surface area contributed by atoms with E-state index in [1.807, 2.05) is 24.0 Å². The number of anilines is 2. The predicted molar refractivity (Wildman–Crippen MR) is 98.6 cm³/mol. The minimum absolute atomic E-state index is 0.0878. The molecule has 1 aliphatic rings. The number of benzene rings is 1. The van der Waals surface area contributed by atoms with E-state index in [2.05, 4.69) is 15.2 Å². The van der Waals surface area contributed by atoms with Gasteiger partial charge in [-0.1, -0.05) is 17.7 Å². The highest BCUT2D eigenvalue weighted by atomic mass is 35.5. The Kier molecular flexibility index (Phi) is 5.23. The second-order valence-corrected chi connectivity index (χ2v) is 7.32. The number of carbonyl (C=O) groups is 1. The predicted octanol–water partition coefficient (Wildman–Crippen LogP) is 3.04. The summed E-state index contributed by atoms with van der Waals surface area (Å²) in [7, 11) is 0. The molecule has 0 bridgehead atoms. The Labute approximate surface area is 150 Å². The Bertz CT molecular complexity index is 727. The van der Waals surface area contributed by atoms with E-state index in [1.54, 1.807) is 12.1 Å². The summed E-state index contributed by atoms with van der Waals surface area (Å²) in [5.41, 5.74) is 7.46. The van der Waals surface area contributed by atoms with Crippen LogP contribution in [0.4, 0.5) is 15.6 Å². The third-order valence-corrected chi connectivity index (χ3v) is 5.22. The highest BCUT2D eigenvalue weighted by molar-refractivity contribution is 7.15. The molecule has 128 valence electrons. The van der Waals surface area contributed by atoms with Crippen molar-refractivity contribution in [3.8, 4) is 0 Å². The number of nitrogens with zero attached hydrogens (tertiary/aromatic N) is 3. The fourth-order valence-corrected chi connectivity index (χ4v) is 3.74. The first-order chi connectivity index (χ1) is 11.5. The van der Waals surface area contributed by atoms with Gasteiger partial charge in [-0.05, 0) is 25.1 Å². The second-order valence-electron chi connectivity index (χ2n) is 5.76. The maximum atomic E-state index is 12.3. The van der Waals surface area contributed by atoms with Gasteiger partial charge in [-0.25, -0.2) is 9.78 Å². The molecule has 0 radical (unpaired) electrons. The van der Waals surface area contributed by atoms with Crippen LogP contribution in [0.3, 0.4) is 0 Å². The number of hydrogen-bond donors (Lipinski definition) is 2. The van der Waals surface area contributed by atoms with Crippen molar-refractivity contribution < 1.29 is 4.79 Å². The molecule has 2 heterocycles. The van der Waals surface area contributed by atoms with Gasteiger partial charge in [0.2, 0.25) is 0 Å². The molecule has 0 spiro atoms. The van der Waals surface area contributed by atoms with Crippen LogP contribution in [0.15, 0.2) is 24.3 Å². The monoisotopic (exact) mass is 365 g/mol. The first-order valence-corrected chi connectivity index (χ1v) is 8.96. The van der Waals surface area contributed by atoms with E-state index in [0.29, 0.717) is 28.9 Å². The van der Waals surface area contributed by atoms with Crippen LogP contribution >= 0.6 is 22.9 Å². The average molecular weight is 366 g/mol. The largest absolute Gasteiger partial charge is 0.375 e. The Morgan fingerprint density at radius 3 is 2.75 bits per heavy atom. The summed E-state index contributed by atoms with van der Waals surface area (Å²) in [6.07, 6.45) is 0. The number of nitrogens with two attached hydrogens (primary N) is 1. The summed E-state index contributed by atoms with van der Waals surface area (Å²) in [6.45, 7) is 5.88. The molecule has 2 aromatic rings. The molecule has 0 aliphatic carbocycles. The van der Waals surface area contributed by atoms with E-state index in [1.165, 1.54) is 16.2 Å². The minimum atomic E-state index is -0.0878. The standard InChI is InChI=1S/C16H20ClN5OS/c1-11-14(24-15(18)19-11)10-21-5-7-22(8-6-21)16(23)20-13-4-2-3-12(17)9-13/h2-4,9H,5-8,10H2,1H3,(H2,18,19)(H,20,23). The van der Waals surface area contributed by atoms with Gasteiger partial charge in [0.1, 0.15) is 0 Å². The molecule has 8 heteroatoms. The molecule has 1 saturated heterocycles. The van der Waals surface area contributed by atoms with Crippen LogP contribution in [0.2, 0.25) is 5.02 Å². The lowest BCUT2D eigenvalue weighted by Crippen LogP contribution is -2.49. The van der Waals surface area contributed by atoms with Gasteiger partial charge in [-0.3, -0.25) is 4.90 Å². The normalized spacial score (nSPS) is 15.5. The van der Waals surface area contributed by atoms with Gasteiger partial charge in [0.25, 0.3) is 0 Å². The summed E-state index contributed by atoms with van der Waals surface area (Å²) in [6, 6.07) is 7.09. The molecule has 1 aromatic carbocycles. The van der Waals surface area contributed by atoms with Crippen LogP contribution in [0.5, 0.6) is 0 Å². The number of halogens is 1. The van der Waals surface area contributed by atoms with Crippen LogP contribution in [0.1, 0.15) is 10.6 Å². The van der Waals surface area contributed by atoms with Crippen molar-refractivity contribution in [2.75, 3.05) is 37.2 Å². The number of carbonyl (C=O) groups excluding carboxylic acids is 1. The van der Waals surface area contributed by atoms with E-state index in [-0.39, 0.29) is 6.03 Å². The molecule has 0 atom stereocenters. The van der Waals surface area contributed by atoms with E-state index in [0.717, 1.165) is 25.3 Å². The van der Waals surface area contributed by atoms with Crippen molar-refractivity contribution in [2.24, 2.45) is 0 Å². The zero-order valence-corrected chi connectivity index (χ0v) is 15.0. The van der Waals surface area contributed by atoms with Crippen LogP contribution < -0.4 is 11.1 Å². The van der Waals surface area contributed by atoms with Gasteiger partial charge in [-0.2, -0.15) is 0 Å². The third-order valence-electron chi connectivity index (χ3n) is 4.01. The second kappa shape index (κ2) is 7.38. The quantitative estimate of drug-likeness (QED) is 0.876. The van der Waals surface area contributed by atoms with E-state index in [4.69, 9.17) is 17.3 Å². The summed E-state index contributed by atoms with van der Waals surface area (Å²) in [5, 5.41) is 4.11.